The second-order valence-electron chi connectivity index (χ2n) is 14.0. The fourth-order valence-electron chi connectivity index (χ4n) is 6.72. The molecule has 1 saturated heterocycles. The summed E-state index contributed by atoms with van der Waals surface area (Å²) in [6, 6.07) is 35.6. The van der Waals surface area contributed by atoms with Crippen LogP contribution in [-0.2, 0) is 25.4 Å². The first-order valence-electron chi connectivity index (χ1n) is 17.6. The van der Waals surface area contributed by atoms with E-state index in [-0.39, 0.29) is 18.1 Å². The first-order chi connectivity index (χ1) is 25.1. The smallest absolute Gasteiger partial charge is 0.411 e. The summed E-state index contributed by atoms with van der Waals surface area (Å²) in [7, 11) is 1.28. The van der Waals surface area contributed by atoms with Gasteiger partial charge in [-0.15, -0.1) is 0 Å². The molecule has 0 spiro atoms. The van der Waals surface area contributed by atoms with E-state index in [4.69, 9.17) is 14.2 Å². The molecule has 3 N–H and O–H groups in total. The summed E-state index contributed by atoms with van der Waals surface area (Å²) in [5.41, 5.74) is 4.48. The first kappa shape index (κ1) is 36.2. The summed E-state index contributed by atoms with van der Waals surface area (Å²) < 4.78 is 17.2. The molecule has 10 nitrogen and oxygen atoms in total. The average molecular weight is 703 g/mol. The minimum atomic E-state index is -0.990. The summed E-state index contributed by atoms with van der Waals surface area (Å²) >= 11 is 0. The number of nitrogens with zero attached hydrogens (tertiary/aromatic N) is 1. The molecule has 2 heterocycles. The molecule has 0 aliphatic carbocycles. The molecule has 1 aliphatic heterocycles. The van der Waals surface area contributed by atoms with Gasteiger partial charge in [0.15, 0.2) is 0 Å². The van der Waals surface area contributed by atoms with Crippen molar-refractivity contribution < 1.29 is 28.6 Å². The van der Waals surface area contributed by atoms with Crippen molar-refractivity contribution in [3.63, 3.8) is 0 Å². The van der Waals surface area contributed by atoms with E-state index in [0.717, 1.165) is 33.3 Å². The van der Waals surface area contributed by atoms with Gasteiger partial charge in [-0.3, -0.25) is 9.69 Å². The number of morpholine rings is 1. The number of carbonyl (C=O) groups excluding carboxylic acids is 3. The van der Waals surface area contributed by atoms with Gasteiger partial charge in [0.2, 0.25) is 5.91 Å². The van der Waals surface area contributed by atoms with E-state index in [1.54, 1.807) is 4.90 Å². The molecule has 1 fully saturated rings. The molecule has 0 bridgehead atoms. The number of alkyl carbamates (subject to hydrolysis) is 1. The number of para-hydroxylation sites is 2. The van der Waals surface area contributed by atoms with Crippen LogP contribution in [0.1, 0.15) is 61.5 Å². The number of H-pyrrole nitrogens is 1. The number of benzene rings is 4. The zero-order valence-corrected chi connectivity index (χ0v) is 30.0. The van der Waals surface area contributed by atoms with Crippen LogP contribution in [0.5, 0.6) is 0 Å². The second-order valence-corrected chi connectivity index (χ2v) is 14.0. The molecule has 6 rings (SSSR count). The van der Waals surface area contributed by atoms with Crippen LogP contribution in [0, 0.1) is 0 Å². The summed E-state index contributed by atoms with van der Waals surface area (Å²) in [5.74, 6) is -0.880. The lowest BCUT2D eigenvalue weighted by Crippen LogP contribution is -2.49. The maximum absolute atomic E-state index is 14.2. The maximum atomic E-state index is 14.2. The molecule has 1 aliphatic rings. The number of carbonyl (C=O) groups is 3. The van der Waals surface area contributed by atoms with Crippen LogP contribution in [0.2, 0.25) is 0 Å². The van der Waals surface area contributed by atoms with Gasteiger partial charge in [0.05, 0.1) is 32.4 Å². The Balaban J connectivity index is 1.20. The maximum Gasteiger partial charge on any atom is 0.411 e. The lowest BCUT2D eigenvalue weighted by molar-refractivity contribution is -0.118. The van der Waals surface area contributed by atoms with Crippen molar-refractivity contribution in [2.45, 2.75) is 63.3 Å². The second kappa shape index (κ2) is 16.2. The Bertz CT molecular complexity index is 1900. The van der Waals surface area contributed by atoms with Gasteiger partial charge in [0.1, 0.15) is 11.6 Å². The van der Waals surface area contributed by atoms with Crippen LogP contribution >= 0.6 is 0 Å². The predicted molar refractivity (Wildman–Crippen MR) is 201 cm³/mol. The van der Waals surface area contributed by atoms with Crippen molar-refractivity contribution in [1.82, 2.24) is 15.2 Å². The summed E-state index contributed by atoms with van der Waals surface area (Å²) in [4.78, 5) is 45.6. The minimum Gasteiger partial charge on any atom is -0.453 e. The molecule has 0 saturated carbocycles. The highest BCUT2D eigenvalue weighted by atomic mass is 16.6. The Kier molecular flexibility index (Phi) is 11.2. The lowest BCUT2D eigenvalue weighted by atomic mass is 9.84. The Morgan fingerprint density at radius 1 is 0.885 bits per heavy atom. The third kappa shape index (κ3) is 8.81. The molecule has 3 atom stereocenters. The molecule has 0 unspecified atom stereocenters. The number of fused-ring (bicyclic) bond motifs is 1. The molecule has 4 aromatic carbocycles. The first-order valence-corrected chi connectivity index (χ1v) is 17.6. The van der Waals surface area contributed by atoms with Crippen LogP contribution in [0.15, 0.2) is 115 Å². The summed E-state index contributed by atoms with van der Waals surface area (Å²) in [6.07, 6.45) is -0.221. The molecule has 0 radical (unpaired) electrons. The van der Waals surface area contributed by atoms with Crippen molar-refractivity contribution in [3.05, 3.63) is 138 Å². The summed E-state index contributed by atoms with van der Waals surface area (Å²) in [6.45, 7) is 6.22. The Morgan fingerprint density at radius 2 is 1.52 bits per heavy atom. The Morgan fingerprint density at radius 3 is 2.17 bits per heavy atom. The van der Waals surface area contributed by atoms with E-state index in [1.165, 1.54) is 7.11 Å². The zero-order chi connectivity index (χ0) is 36.7. The Hall–Kier alpha value is -5.61. The van der Waals surface area contributed by atoms with Crippen molar-refractivity contribution in [2.75, 3.05) is 25.6 Å². The van der Waals surface area contributed by atoms with Gasteiger partial charge < -0.3 is 29.8 Å². The van der Waals surface area contributed by atoms with Crippen LogP contribution in [0.3, 0.4) is 0 Å². The number of rotatable bonds is 10. The molecule has 270 valence electrons. The van der Waals surface area contributed by atoms with E-state index >= 15 is 0 Å². The minimum absolute atomic E-state index is 0.272. The third-order valence-corrected chi connectivity index (χ3v) is 9.21. The highest BCUT2D eigenvalue weighted by Crippen LogP contribution is 2.33. The molecule has 3 amide bonds. The number of aromatic amines is 1. The fourth-order valence-corrected chi connectivity index (χ4v) is 6.72. The largest absolute Gasteiger partial charge is 0.453 e. The standard InChI is InChI=1S/C42H46N4O6/c1-42(2,3)52-41(49)46-26-32(51-27-36(46)35-25-31-20-12-14-22-34(31)43-35)24-23-28-15-11-13-21-33(28)44-39(47)38(45-40(48)50-4)37(29-16-7-5-8-17-29)30-18-9-6-10-19-30/h5-22,25,32,36-38,43H,23-24,26-27H2,1-4H3,(H,44,47)(H,45,48)/t32-,36+,38+/m1/s1. The van der Waals surface area contributed by atoms with Crippen molar-refractivity contribution in [2.24, 2.45) is 0 Å². The van der Waals surface area contributed by atoms with E-state index in [2.05, 4.69) is 21.7 Å². The number of aryl methyl sites for hydroxylation is 1. The van der Waals surface area contributed by atoms with E-state index in [0.29, 0.717) is 31.7 Å². The number of ether oxygens (including phenoxy) is 3. The number of hydrogen-bond donors (Lipinski definition) is 3. The normalized spacial score (nSPS) is 16.7. The van der Waals surface area contributed by atoms with Gasteiger partial charge in [0, 0.05) is 22.8 Å². The van der Waals surface area contributed by atoms with E-state index in [9.17, 15) is 14.4 Å². The highest BCUT2D eigenvalue weighted by molar-refractivity contribution is 5.98. The van der Waals surface area contributed by atoms with Gasteiger partial charge in [-0.05, 0) is 73.9 Å². The van der Waals surface area contributed by atoms with E-state index < -0.39 is 29.7 Å². The van der Waals surface area contributed by atoms with Crippen molar-refractivity contribution in [1.29, 1.82) is 0 Å². The van der Waals surface area contributed by atoms with E-state index in [1.807, 2.05) is 130 Å². The molecule has 5 aromatic rings. The third-order valence-electron chi connectivity index (χ3n) is 9.21. The van der Waals surface area contributed by atoms with Gasteiger partial charge in [-0.1, -0.05) is 97.1 Å². The number of methoxy groups -OCH3 is 1. The van der Waals surface area contributed by atoms with Gasteiger partial charge in [-0.2, -0.15) is 0 Å². The molecular formula is C42H46N4O6. The molecule has 1 aromatic heterocycles. The topological polar surface area (TPSA) is 122 Å². The van der Waals surface area contributed by atoms with Crippen LogP contribution < -0.4 is 10.6 Å². The van der Waals surface area contributed by atoms with Crippen molar-refractivity contribution in [3.8, 4) is 0 Å². The molecule has 52 heavy (non-hydrogen) atoms. The van der Waals surface area contributed by atoms with Gasteiger partial charge in [0.25, 0.3) is 0 Å². The zero-order valence-electron chi connectivity index (χ0n) is 30.0. The van der Waals surface area contributed by atoms with Crippen LogP contribution in [0.25, 0.3) is 10.9 Å². The quantitative estimate of drug-likeness (QED) is 0.136. The number of nitrogens with one attached hydrogen (secondary N) is 3. The summed E-state index contributed by atoms with van der Waals surface area (Å²) in [5, 5.41) is 6.96. The average Bonchev–Trinajstić information content (AvgIpc) is 3.58. The molecule has 10 heteroatoms. The predicted octanol–water partition coefficient (Wildman–Crippen LogP) is 7.97. The van der Waals surface area contributed by atoms with Crippen molar-refractivity contribution >= 4 is 34.7 Å². The van der Waals surface area contributed by atoms with Crippen LogP contribution in [-0.4, -0.2) is 66.0 Å². The van der Waals surface area contributed by atoms with Gasteiger partial charge in [-0.25, -0.2) is 9.59 Å². The monoisotopic (exact) mass is 702 g/mol. The fraction of sp³-hybridized carbons (Fsp3) is 0.310. The number of hydrogen-bond acceptors (Lipinski definition) is 6. The number of anilines is 1. The number of aromatic nitrogens is 1. The van der Waals surface area contributed by atoms with Crippen LogP contribution in [0.4, 0.5) is 15.3 Å². The SMILES string of the molecule is COC(=O)N[C@H](C(=O)Nc1ccccc1CC[C@@H]1CN(C(=O)OC(C)(C)C)[C@H](c2cc3ccccc3[nH]2)CO1)C(c1ccccc1)c1ccccc1. The lowest BCUT2D eigenvalue weighted by Gasteiger charge is -2.40. The Labute approximate surface area is 304 Å². The molecular weight excluding hydrogens is 656 g/mol. The highest BCUT2D eigenvalue weighted by Gasteiger charge is 2.37. The number of amides is 3. The van der Waals surface area contributed by atoms with Gasteiger partial charge >= 0.3 is 12.2 Å².